The largest absolute Gasteiger partial charge is 0.378 e. The van der Waals surface area contributed by atoms with Crippen LogP contribution in [0.2, 0.25) is 0 Å². The standard InChI is InChI=1S/C14H25NO2S/c1-3-14(17-2)8-6-13(7-9-14)10-18(16,11-13)15-12-4-5-12/h12H,3-11H2,1-2H3. The van der Waals surface area contributed by atoms with Crippen molar-refractivity contribution in [3.63, 3.8) is 0 Å². The van der Waals surface area contributed by atoms with Crippen LogP contribution in [0, 0.1) is 5.41 Å². The Bertz CT molecular complexity index is 419. The van der Waals surface area contributed by atoms with Gasteiger partial charge in [-0.2, -0.15) is 0 Å². The Balaban J connectivity index is 1.63. The van der Waals surface area contributed by atoms with E-state index in [0.29, 0.717) is 11.5 Å². The molecule has 3 rings (SSSR count). The van der Waals surface area contributed by atoms with Crippen molar-refractivity contribution in [1.82, 2.24) is 0 Å². The molecule has 3 fully saturated rings. The number of ether oxygens (including phenoxy) is 1. The van der Waals surface area contributed by atoms with Gasteiger partial charge in [0, 0.05) is 28.3 Å². The first-order valence-corrected chi connectivity index (χ1v) is 9.15. The molecule has 0 radical (unpaired) electrons. The van der Waals surface area contributed by atoms with E-state index in [2.05, 4.69) is 11.3 Å². The first-order valence-electron chi connectivity index (χ1n) is 7.30. The maximum Gasteiger partial charge on any atom is 0.0676 e. The van der Waals surface area contributed by atoms with Gasteiger partial charge < -0.3 is 4.74 Å². The minimum atomic E-state index is -1.80. The second-order valence-corrected chi connectivity index (χ2v) is 8.97. The summed E-state index contributed by atoms with van der Waals surface area (Å²) in [5.41, 5.74) is 0.460. The van der Waals surface area contributed by atoms with Crippen LogP contribution in [0.15, 0.2) is 4.36 Å². The Morgan fingerprint density at radius 3 is 2.28 bits per heavy atom. The van der Waals surface area contributed by atoms with Crippen molar-refractivity contribution >= 4 is 9.73 Å². The Kier molecular flexibility index (Phi) is 3.02. The van der Waals surface area contributed by atoms with Gasteiger partial charge in [0.05, 0.1) is 11.6 Å². The number of hydrogen-bond donors (Lipinski definition) is 0. The predicted octanol–water partition coefficient (Wildman–Crippen LogP) is 2.99. The molecule has 4 heteroatoms. The van der Waals surface area contributed by atoms with Crippen molar-refractivity contribution in [2.24, 2.45) is 9.78 Å². The van der Waals surface area contributed by atoms with E-state index in [1.165, 1.54) is 25.7 Å². The molecule has 3 nitrogen and oxygen atoms in total. The van der Waals surface area contributed by atoms with Crippen molar-refractivity contribution in [2.45, 2.75) is 63.5 Å². The van der Waals surface area contributed by atoms with Gasteiger partial charge in [-0.25, -0.2) is 8.57 Å². The number of nitrogens with zero attached hydrogens (tertiary/aromatic N) is 1. The molecule has 1 heterocycles. The van der Waals surface area contributed by atoms with Gasteiger partial charge in [-0.3, -0.25) is 0 Å². The Morgan fingerprint density at radius 2 is 1.83 bits per heavy atom. The van der Waals surface area contributed by atoms with Crippen LogP contribution in [-0.4, -0.2) is 34.5 Å². The SMILES string of the molecule is CCC1(OC)CCC2(CC1)CS(=O)(=NC1CC1)C2. The lowest BCUT2D eigenvalue weighted by Gasteiger charge is -2.51. The fourth-order valence-corrected chi connectivity index (χ4v) is 6.98. The van der Waals surface area contributed by atoms with Crippen molar-refractivity contribution in [2.75, 3.05) is 18.6 Å². The van der Waals surface area contributed by atoms with Gasteiger partial charge in [-0.15, -0.1) is 0 Å². The highest BCUT2D eigenvalue weighted by Gasteiger charge is 2.51. The fraction of sp³-hybridized carbons (Fsp3) is 1.00. The zero-order valence-electron chi connectivity index (χ0n) is 11.6. The molecule has 0 bridgehead atoms. The fourth-order valence-electron chi connectivity index (χ4n) is 3.67. The molecule has 0 unspecified atom stereocenters. The van der Waals surface area contributed by atoms with Gasteiger partial charge in [-0.1, -0.05) is 6.92 Å². The van der Waals surface area contributed by atoms with Gasteiger partial charge in [0.25, 0.3) is 0 Å². The second-order valence-electron chi connectivity index (χ2n) is 6.64. The highest BCUT2D eigenvalue weighted by atomic mass is 32.2. The van der Waals surface area contributed by atoms with Gasteiger partial charge in [-0.05, 0) is 50.4 Å². The zero-order chi connectivity index (χ0) is 12.9. The van der Waals surface area contributed by atoms with Gasteiger partial charge in [0.1, 0.15) is 0 Å². The summed E-state index contributed by atoms with van der Waals surface area (Å²) in [6.45, 7) is 2.22. The van der Waals surface area contributed by atoms with Crippen molar-refractivity contribution < 1.29 is 8.95 Å². The summed E-state index contributed by atoms with van der Waals surface area (Å²) in [7, 11) is 0.0409. The van der Waals surface area contributed by atoms with Crippen molar-refractivity contribution in [1.29, 1.82) is 0 Å². The Morgan fingerprint density at radius 1 is 1.22 bits per heavy atom. The van der Waals surface area contributed by atoms with Crippen molar-refractivity contribution in [3.05, 3.63) is 0 Å². The minimum absolute atomic E-state index is 0.107. The number of methoxy groups -OCH3 is 1. The molecule has 1 aliphatic heterocycles. The molecule has 1 spiro atoms. The smallest absolute Gasteiger partial charge is 0.0676 e. The molecule has 0 aromatic heterocycles. The van der Waals surface area contributed by atoms with E-state index in [1.54, 1.807) is 0 Å². The third-order valence-electron chi connectivity index (χ3n) is 5.25. The molecule has 1 saturated heterocycles. The van der Waals surface area contributed by atoms with E-state index >= 15 is 0 Å². The average molecular weight is 271 g/mol. The maximum atomic E-state index is 12.5. The van der Waals surface area contributed by atoms with Crippen LogP contribution in [0.25, 0.3) is 0 Å². The van der Waals surface area contributed by atoms with E-state index in [0.717, 1.165) is 30.8 Å². The molecule has 2 saturated carbocycles. The second kappa shape index (κ2) is 4.20. The van der Waals surface area contributed by atoms with Crippen LogP contribution < -0.4 is 0 Å². The van der Waals surface area contributed by atoms with Crippen LogP contribution in [0.5, 0.6) is 0 Å². The van der Waals surface area contributed by atoms with Gasteiger partial charge >= 0.3 is 0 Å². The maximum absolute atomic E-state index is 12.5. The number of rotatable bonds is 3. The monoisotopic (exact) mass is 271 g/mol. The molecule has 3 aliphatic rings. The third-order valence-corrected chi connectivity index (χ3v) is 8.06. The minimum Gasteiger partial charge on any atom is -0.378 e. The Hall–Kier alpha value is -0.0900. The summed E-state index contributed by atoms with van der Waals surface area (Å²) in [5.74, 6) is 1.75. The normalized spacial score (nSPS) is 47.9. The Labute approximate surface area is 111 Å². The summed E-state index contributed by atoms with van der Waals surface area (Å²) >= 11 is 0. The molecule has 0 amide bonds. The summed E-state index contributed by atoms with van der Waals surface area (Å²) in [4.78, 5) is 0. The molecule has 0 atom stereocenters. The third kappa shape index (κ3) is 2.22. The van der Waals surface area contributed by atoms with Crippen LogP contribution in [0.4, 0.5) is 0 Å². The van der Waals surface area contributed by atoms with Gasteiger partial charge in [0.15, 0.2) is 0 Å². The first-order chi connectivity index (χ1) is 8.53. The van der Waals surface area contributed by atoms with Crippen LogP contribution in [0.3, 0.4) is 0 Å². The predicted molar refractivity (Wildman–Crippen MR) is 74.3 cm³/mol. The highest BCUT2D eigenvalue weighted by Crippen LogP contribution is 2.51. The summed E-state index contributed by atoms with van der Waals surface area (Å²) in [6, 6.07) is 0.451. The van der Waals surface area contributed by atoms with E-state index in [9.17, 15) is 4.21 Å². The molecule has 104 valence electrons. The van der Waals surface area contributed by atoms with Crippen molar-refractivity contribution in [3.8, 4) is 0 Å². The van der Waals surface area contributed by atoms with E-state index in [1.807, 2.05) is 7.11 Å². The molecule has 0 N–H and O–H groups in total. The first kappa shape index (κ1) is 12.9. The van der Waals surface area contributed by atoms with Crippen LogP contribution in [-0.2, 0) is 14.5 Å². The lowest BCUT2D eigenvalue weighted by atomic mass is 9.69. The average Bonchev–Trinajstić information content (AvgIpc) is 3.13. The lowest BCUT2D eigenvalue weighted by molar-refractivity contribution is -0.0642. The molecule has 0 aromatic rings. The molecule has 2 aliphatic carbocycles. The zero-order valence-corrected chi connectivity index (χ0v) is 12.4. The molecule has 18 heavy (non-hydrogen) atoms. The molecular weight excluding hydrogens is 246 g/mol. The number of hydrogen-bond acceptors (Lipinski definition) is 3. The summed E-state index contributed by atoms with van der Waals surface area (Å²) in [6.07, 6.45) is 8.09. The molecule has 0 aromatic carbocycles. The summed E-state index contributed by atoms with van der Waals surface area (Å²) < 4.78 is 22.7. The lowest BCUT2D eigenvalue weighted by Crippen LogP contribution is -2.53. The molecular formula is C14H25NO2S. The van der Waals surface area contributed by atoms with Crippen LogP contribution >= 0.6 is 0 Å². The van der Waals surface area contributed by atoms with E-state index in [4.69, 9.17) is 4.74 Å². The highest BCUT2D eigenvalue weighted by molar-refractivity contribution is 7.95. The van der Waals surface area contributed by atoms with E-state index < -0.39 is 9.73 Å². The quantitative estimate of drug-likeness (QED) is 0.791. The summed E-state index contributed by atoms with van der Waals surface area (Å²) in [5, 5.41) is 0. The van der Waals surface area contributed by atoms with Crippen LogP contribution in [0.1, 0.15) is 51.9 Å². The van der Waals surface area contributed by atoms with E-state index in [-0.39, 0.29) is 5.60 Å². The van der Waals surface area contributed by atoms with Gasteiger partial charge in [0.2, 0.25) is 0 Å². The topological polar surface area (TPSA) is 38.7 Å².